The van der Waals surface area contributed by atoms with Crippen molar-refractivity contribution in [3.63, 3.8) is 0 Å². The number of hydrogen-bond donors (Lipinski definition) is 1. The topological polar surface area (TPSA) is 34.0 Å². The van der Waals surface area contributed by atoms with Crippen LogP contribution in [0.2, 0.25) is 0 Å². The molecule has 0 aliphatic carbocycles. The molecule has 0 amide bonds. The minimum Gasteiger partial charge on any atom is -0.506 e. The minimum atomic E-state index is 0.266. The SMILES string of the molecule is C=C/C=c1\c(=C/C)n2n(C(=C/C=C/C(CC)CC)/C(O)=C\C)n12. The molecule has 0 atom stereocenters. The molecule has 23 heavy (non-hydrogen) atoms. The van der Waals surface area contributed by atoms with E-state index in [9.17, 15) is 5.11 Å². The Morgan fingerprint density at radius 1 is 1.17 bits per heavy atom. The van der Waals surface area contributed by atoms with Crippen molar-refractivity contribution in [2.75, 3.05) is 0 Å². The van der Waals surface area contributed by atoms with Gasteiger partial charge in [-0.3, -0.25) is 0 Å². The van der Waals surface area contributed by atoms with E-state index in [4.69, 9.17) is 0 Å². The molecule has 4 heteroatoms. The molecule has 0 spiro atoms. The predicted octanol–water partition coefficient (Wildman–Crippen LogP) is 3.34. The van der Waals surface area contributed by atoms with E-state index in [1.54, 1.807) is 12.2 Å². The Balaban J connectivity index is 2.44. The highest BCUT2D eigenvalue weighted by Crippen LogP contribution is 2.16. The molecule has 4 nitrogen and oxygen atoms in total. The van der Waals surface area contributed by atoms with E-state index < -0.39 is 0 Å². The molecule has 0 aromatic carbocycles. The van der Waals surface area contributed by atoms with Crippen LogP contribution in [0.3, 0.4) is 0 Å². The molecule has 0 fully saturated rings. The van der Waals surface area contributed by atoms with Crippen LogP contribution in [0.1, 0.15) is 40.5 Å². The minimum absolute atomic E-state index is 0.266. The lowest BCUT2D eigenvalue weighted by Crippen LogP contribution is -2.39. The standard InChI is InChI=1S/C19H27N3O/c1-6-12-17-16(9-4)20-21(17)22(20)18(19(23)10-5)14-11-13-15(7-2)8-3/h6,9-15,23H,1,7-8H2,2-5H3/b13-11+,16-9+,17-12+,18-14+,19-10+. The quantitative estimate of drug-likeness (QED) is 0.617. The third kappa shape index (κ3) is 3.07. The molecule has 0 saturated carbocycles. The highest BCUT2D eigenvalue weighted by molar-refractivity contribution is 5.62. The van der Waals surface area contributed by atoms with Crippen molar-refractivity contribution >= 4 is 17.8 Å². The zero-order valence-electron chi connectivity index (χ0n) is 14.5. The molecule has 2 aromatic heterocycles. The number of fused-ring (bicyclic) bond motifs is 1. The maximum Gasteiger partial charge on any atom is 0.138 e. The maximum absolute atomic E-state index is 10.3. The summed E-state index contributed by atoms with van der Waals surface area (Å²) in [5, 5.41) is 12.5. The van der Waals surface area contributed by atoms with Gasteiger partial charge in [0.05, 0.1) is 0 Å². The van der Waals surface area contributed by atoms with Gasteiger partial charge in [0.2, 0.25) is 0 Å². The number of hydrogen-bond acceptors (Lipinski definition) is 1. The second kappa shape index (κ2) is 7.27. The van der Waals surface area contributed by atoms with E-state index in [2.05, 4.69) is 32.6 Å². The molecule has 2 rings (SSSR count). The van der Waals surface area contributed by atoms with Crippen molar-refractivity contribution < 1.29 is 5.11 Å². The molecular weight excluding hydrogens is 286 g/mol. The van der Waals surface area contributed by atoms with Gasteiger partial charge in [-0.15, -0.1) is 14.1 Å². The van der Waals surface area contributed by atoms with Crippen LogP contribution in [0.25, 0.3) is 17.8 Å². The van der Waals surface area contributed by atoms with Gasteiger partial charge >= 0.3 is 0 Å². The highest BCUT2D eigenvalue weighted by atomic mass is 16.3. The van der Waals surface area contributed by atoms with Crippen LogP contribution in [0.15, 0.2) is 42.7 Å². The second-order valence-corrected chi connectivity index (χ2v) is 5.52. The van der Waals surface area contributed by atoms with Gasteiger partial charge in [-0.25, -0.2) is 0 Å². The lowest BCUT2D eigenvalue weighted by Gasteiger charge is -2.04. The van der Waals surface area contributed by atoms with Gasteiger partial charge in [-0.1, -0.05) is 44.7 Å². The third-order valence-electron chi connectivity index (χ3n) is 4.19. The fraction of sp³-hybridized carbons (Fsp3) is 0.368. The number of rotatable bonds is 7. The monoisotopic (exact) mass is 313 g/mol. The summed E-state index contributed by atoms with van der Waals surface area (Å²) in [7, 11) is 0. The Labute approximate surface area is 137 Å². The first-order chi connectivity index (χ1) is 11.1. The first-order valence-corrected chi connectivity index (χ1v) is 8.28. The van der Waals surface area contributed by atoms with Crippen molar-refractivity contribution in [2.45, 2.75) is 40.5 Å². The summed E-state index contributed by atoms with van der Waals surface area (Å²) in [4.78, 5) is 1.96. The molecule has 0 aliphatic rings. The van der Waals surface area contributed by atoms with Crippen molar-refractivity contribution in [3.8, 4) is 0 Å². The average Bonchev–Trinajstić information content (AvgIpc) is 3.21. The predicted molar refractivity (Wildman–Crippen MR) is 97.9 cm³/mol. The zero-order chi connectivity index (χ0) is 17.0. The summed E-state index contributed by atoms with van der Waals surface area (Å²) in [5.74, 6) is 0.844. The molecular formula is C19H27N3O. The van der Waals surface area contributed by atoms with E-state index in [0.717, 1.165) is 29.2 Å². The molecule has 0 unspecified atom stereocenters. The Morgan fingerprint density at radius 3 is 2.35 bits per heavy atom. The summed E-state index contributed by atoms with van der Waals surface area (Å²) in [6, 6.07) is 0. The normalized spacial score (nSPS) is 16.0. The Bertz CT molecular complexity index is 847. The summed E-state index contributed by atoms with van der Waals surface area (Å²) >= 11 is 0. The molecule has 0 aliphatic heterocycles. The Hall–Kier alpha value is -2.36. The Morgan fingerprint density at radius 2 is 1.83 bits per heavy atom. The van der Waals surface area contributed by atoms with E-state index in [1.165, 1.54) is 0 Å². The number of aliphatic hydroxyl groups is 1. The molecule has 0 bridgehead atoms. The third-order valence-corrected chi connectivity index (χ3v) is 4.19. The van der Waals surface area contributed by atoms with Crippen LogP contribution >= 0.6 is 0 Å². The Kier molecular flexibility index (Phi) is 5.37. The van der Waals surface area contributed by atoms with Gasteiger partial charge < -0.3 is 5.11 Å². The number of aliphatic hydroxyl groups excluding tert-OH is 1. The van der Waals surface area contributed by atoms with Gasteiger partial charge in [0.25, 0.3) is 0 Å². The van der Waals surface area contributed by atoms with Crippen molar-refractivity contribution in [1.82, 2.24) is 14.1 Å². The van der Waals surface area contributed by atoms with E-state index in [-0.39, 0.29) is 5.76 Å². The number of allylic oxidation sites excluding steroid dienone is 6. The van der Waals surface area contributed by atoms with Gasteiger partial charge in [0, 0.05) is 0 Å². The van der Waals surface area contributed by atoms with E-state index in [0.29, 0.717) is 5.92 Å². The first kappa shape index (κ1) is 17.0. The van der Waals surface area contributed by atoms with Crippen LogP contribution in [0.5, 0.6) is 0 Å². The van der Waals surface area contributed by atoms with Crippen LogP contribution < -0.4 is 10.7 Å². The molecule has 1 N–H and O–H groups in total. The summed E-state index contributed by atoms with van der Waals surface area (Å²) in [6.07, 6.45) is 16.0. The van der Waals surface area contributed by atoms with Gasteiger partial charge in [-0.05, 0) is 50.8 Å². The summed E-state index contributed by atoms with van der Waals surface area (Å²) in [5.41, 5.74) is 0.765. The van der Waals surface area contributed by atoms with Gasteiger partial charge in [0.1, 0.15) is 22.2 Å². The summed E-state index contributed by atoms with van der Waals surface area (Å²) < 4.78 is 4.03. The van der Waals surface area contributed by atoms with Crippen molar-refractivity contribution in [1.29, 1.82) is 0 Å². The first-order valence-electron chi connectivity index (χ1n) is 8.28. The number of nitrogens with zero attached hydrogens (tertiary/aromatic N) is 3. The largest absolute Gasteiger partial charge is 0.506 e. The van der Waals surface area contributed by atoms with E-state index in [1.807, 2.05) is 46.1 Å². The molecule has 2 aromatic rings. The lowest BCUT2D eigenvalue weighted by atomic mass is 10.0. The van der Waals surface area contributed by atoms with Gasteiger partial charge in [0.15, 0.2) is 0 Å². The smallest absolute Gasteiger partial charge is 0.138 e. The van der Waals surface area contributed by atoms with Crippen LogP contribution in [-0.4, -0.2) is 19.2 Å². The molecule has 0 saturated heterocycles. The van der Waals surface area contributed by atoms with Crippen LogP contribution in [0, 0.1) is 5.92 Å². The molecule has 0 radical (unpaired) electrons. The fourth-order valence-electron chi connectivity index (χ4n) is 2.69. The summed E-state index contributed by atoms with van der Waals surface area (Å²) in [6.45, 7) is 12.0. The number of aromatic nitrogens is 3. The van der Waals surface area contributed by atoms with Crippen molar-refractivity contribution in [2.24, 2.45) is 5.92 Å². The van der Waals surface area contributed by atoms with E-state index >= 15 is 0 Å². The second-order valence-electron chi connectivity index (χ2n) is 5.52. The fourth-order valence-corrected chi connectivity index (χ4v) is 2.69. The van der Waals surface area contributed by atoms with Crippen LogP contribution in [0.4, 0.5) is 0 Å². The average molecular weight is 313 g/mol. The van der Waals surface area contributed by atoms with Gasteiger partial charge in [-0.2, -0.15) is 0 Å². The lowest BCUT2D eigenvalue weighted by molar-refractivity contribution is 0.431. The molecule has 2 heterocycles. The maximum atomic E-state index is 10.3. The molecule has 124 valence electrons. The van der Waals surface area contributed by atoms with Crippen LogP contribution in [-0.2, 0) is 0 Å². The zero-order valence-corrected chi connectivity index (χ0v) is 14.5. The highest BCUT2D eigenvalue weighted by Gasteiger charge is 2.23. The van der Waals surface area contributed by atoms with Crippen molar-refractivity contribution in [3.05, 3.63) is 53.4 Å².